The summed E-state index contributed by atoms with van der Waals surface area (Å²) >= 11 is 0. The van der Waals surface area contributed by atoms with Crippen molar-refractivity contribution in [3.63, 3.8) is 0 Å². The minimum Gasteiger partial charge on any atom is -0.480 e. The normalized spacial score (nSPS) is 30.1. The van der Waals surface area contributed by atoms with E-state index in [1.807, 2.05) is 6.92 Å². The van der Waals surface area contributed by atoms with Crippen molar-refractivity contribution in [3.05, 3.63) is 0 Å². The predicted octanol–water partition coefficient (Wildman–Crippen LogP) is 1.22. The van der Waals surface area contributed by atoms with Crippen LogP contribution in [0.2, 0.25) is 0 Å². The maximum Gasteiger partial charge on any atom is 0.326 e. The lowest BCUT2D eigenvalue weighted by atomic mass is 10.0. The number of carbonyl (C=O) groups excluding carboxylic acids is 1. The van der Waals surface area contributed by atoms with E-state index in [4.69, 9.17) is 0 Å². The average Bonchev–Trinajstić information content (AvgIpc) is 3.02. The van der Waals surface area contributed by atoms with Crippen LogP contribution in [-0.2, 0) is 4.79 Å². The third kappa shape index (κ3) is 3.67. The molecule has 0 radical (unpaired) electrons. The molecule has 2 aliphatic rings. The van der Waals surface area contributed by atoms with Crippen molar-refractivity contribution in [2.75, 3.05) is 26.2 Å². The molecule has 2 heterocycles. The van der Waals surface area contributed by atoms with Crippen LogP contribution in [0.1, 0.15) is 33.6 Å². The van der Waals surface area contributed by atoms with Crippen LogP contribution in [0.3, 0.4) is 0 Å². The van der Waals surface area contributed by atoms with Crippen molar-refractivity contribution in [2.45, 2.75) is 45.7 Å². The number of hydrogen-bond donors (Lipinski definition) is 2. The van der Waals surface area contributed by atoms with E-state index in [0.717, 1.165) is 25.9 Å². The maximum absolute atomic E-state index is 12.2. The van der Waals surface area contributed by atoms with Gasteiger partial charge in [-0.15, -0.1) is 0 Å². The molecule has 2 rings (SSSR count). The van der Waals surface area contributed by atoms with Gasteiger partial charge in [0, 0.05) is 25.7 Å². The summed E-state index contributed by atoms with van der Waals surface area (Å²) in [5.41, 5.74) is 0. The molecule has 2 N–H and O–H groups in total. The molecular weight excluding hydrogens is 270 g/mol. The minimum absolute atomic E-state index is 0.0242. The number of carbonyl (C=O) groups is 2. The number of nitrogens with zero attached hydrogens (tertiary/aromatic N) is 2. The van der Waals surface area contributed by atoms with Gasteiger partial charge in [0.15, 0.2) is 0 Å². The summed E-state index contributed by atoms with van der Waals surface area (Å²) in [5, 5.41) is 12.2. The first kappa shape index (κ1) is 16.1. The fourth-order valence-corrected chi connectivity index (χ4v) is 3.38. The lowest BCUT2D eigenvalue weighted by Crippen LogP contribution is -2.48. The van der Waals surface area contributed by atoms with E-state index in [1.54, 1.807) is 0 Å². The molecule has 6 nitrogen and oxygen atoms in total. The highest BCUT2D eigenvalue weighted by atomic mass is 16.4. The maximum atomic E-state index is 12.2. The van der Waals surface area contributed by atoms with Crippen molar-refractivity contribution in [1.82, 2.24) is 15.1 Å². The van der Waals surface area contributed by atoms with Crippen molar-refractivity contribution in [3.8, 4) is 0 Å². The Kier molecular flexibility index (Phi) is 5.08. The Morgan fingerprint density at radius 2 is 2.00 bits per heavy atom. The molecule has 0 spiro atoms. The van der Waals surface area contributed by atoms with Gasteiger partial charge in [-0.2, -0.15) is 0 Å². The number of urea groups is 1. The number of rotatable bonds is 4. The summed E-state index contributed by atoms with van der Waals surface area (Å²) in [6.07, 6.45) is 1.85. The number of aliphatic carboxylic acids is 1. The van der Waals surface area contributed by atoms with Crippen LogP contribution in [0, 0.1) is 11.8 Å². The molecule has 3 unspecified atom stereocenters. The zero-order valence-electron chi connectivity index (χ0n) is 13.2. The van der Waals surface area contributed by atoms with Gasteiger partial charge in [0.1, 0.15) is 6.04 Å². The number of carboxylic acid groups (broad SMARTS) is 1. The Morgan fingerprint density at radius 3 is 2.57 bits per heavy atom. The molecule has 21 heavy (non-hydrogen) atoms. The molecule has 0 saturated carbocycles. The fourth-order valence-electron chi connectivity index (χ4n) is 3.38. The summed E-state index contributed by atoms with van der Waals surface area (Å²) in [7, 11) is 0. The average molecular weight is 297 g/mol. The van der Waals surface area contributed by atoms with Crippen molar-refractivity contribution in [2.24, 2.45) is 11.8 Å². The van der Waals surface area contributed by atoms with Gasteiger partial charge < -0.3 is 20.2 Å². The zero-order valence-corrected chi connectivity index (χ0v) is 13.2. The molecule has 6 heteroatoms. The molecule has 2 saturated heterocycles. The topological polar surface area (TPSA) is 72.9 Å². The number of amides is 2. The Bertz CT molecular complexity index is 400. The highest BCUT2D eigenvalue weighted by Crippen LogP contribution is 2.24. The van der Waals surface area contributed by atoms with E-state index < -0.39 is 12.0 Å². The van der Waals surface area contributed by atoms with Crippen LogP contribution in [0.4, 0.5) is 4.79 Å². The first-order valence-electron chi connectivity index (χ1n) is 7.91. The summed E-state index contributed by atoms with van der Waals surface area (Å²) in [6, 6.07) is -0.364. The van der Waals surface area contributed by atoms with Crippen molar-refractivity contribution >= 4 is 12.0 Å². The second-order valence-corrected chi connectivity index (χ2v) is 6.67. The summed E-state index contributed by atoms with van der Waals surface area (Å²) in [5.74, 6) is -0.405. The molecule has 0 aromatic rings. The largest absolute Gasteiger partial charge is 0.480 e. The molecule has 3 atom stereocenters. The number of carboxylic acids is 1. The van der Waals surface area contributed by atoms with Gasteiger partial charge >= 0.3 is 12.0 Å². The Morgan fingerprint density at radius 1 is 1.29 bits per heavy atom. The summed E-state index contributed by atoms with van der Waals surface area (Å²) in [6.45, 7) is 9.52. The first-order chi connectivity index (χ1) is 9.90. The van der Waals surface area contributed by atoms with Crippen LogP contribution >= 0.6 is 0 Å². The Hall–Kier alpha value is -1.30. The molecule has 120 valence electrons. The highest BCUT2D eigenvalue weighted by Gasteiger charge is 2.39. The molecule has 2 aliphatic heterocycles. The lowest BCUT2D eigenvalue weighted by molar-refractivity contribution is -0.142. The monoisotopic (exact) mass is 297 g/mol. The van der Waals surface area contributed by atoms with E-state index in [-0.39, 0.29) is 11.9 Å². The molecule has 0 aromatic heterocycles. The predicted molar refractivity (Wildman–Crippen MR) is 80.1 cm³/mol. The van der Waals surface area contributed by atoms with Crippen LogP contribution in [0.5, 0.6) is 0 Å². The Balaban J connectivity index is 1.81. The molecule has 0 aromatic carbocycles. The van der Waals surface area contributed by atoms with Gasteiger partial charge in [0.2, 0.25) is 0 Å². The van der Waals surface area contributed by atoms with E-state index >= 15 is 0 Å². The quantitative estimate of drug-likeness (QED) is 0.818. The van der Waals surface area contributed by atoms with Crippen molar-refractivity contribution < 1.29 is 14.7 Å². The van der Waals surface area contributed by atoms with Gasteiger partial charge in [0.05, 0.1) is 0 Å². The molecule has 0 aliphatic carbocycles. The third-order valence-electron chi connectivity index (χ3n) is 4.80. The second kappa shape index (κ2) is 6.64. The number of nitrogens with one attached hydrogen (secondary N) is 1. The minimum atomic E-state index is -0.901. The van der Waals surface area contributed by atoms with E-state index in [0.29, 0.717) is 25.0 Å². The van der Waals surface area contributed by atoms with Gasteiger partial charge in [-0.05, 0) is 45.1 Å². The van der Waals surface area contributed by atoms with E-state index in [9.17, 15) is 14.7 Å². The molecule has 2 fully saturated rings. The third-order valence-corrected chi connectivity index (χ3v) is 4.80. The number of likely N-dealkylation sites (tertiary alicyclic amines) is 2. The fraction of sp³-hybridized carbons (Fsp3) is 0.867. The zero-order chi connectivity index (χ0) is 15.6. The summed E-state index contributed by atoms with van der Waals surface area (Å²) in [4.78, 5) is 27.4. The van der Waals surface area contributed by atoms with Gasteiger partial charge in [-0.1, -0.05) is 6.92 Å². The molecule has 0 bridgehead atoms. The standard InChI is InChI=1S/C15H27N3O3/c1-10(2)17-6-5-12(9-17)8-16-15(21)18-7-4-11(3)13(18)14(19)20/h10-13H,4-9H2,1-3H3,(H,16,21)(H,19,20). The molecule has 2 amide bonds. The van der Waals surface area contributed by atoms with E-state index in [2.05, 4.69) is 24.1 Å². The van der Waals surface area contributed by atoms with Gasteiger partial charge in [0.25, 0.3) is 0 Å². The SMILES string of the molecule is CC1CCN(C(=O)NCC2CCN(C(C)C)C2)C1C(=O)O. The first-order valence-corrected chi connectivity index (χ1v) is 7.91. The highest BCUT2D eigenvalue weighted by molar-refractivity contribution is 5.83. The molecular formula is C15H27N3O3. The van der Waals surface area contributed by atoms with Crippen LogP contribution in [-0.4, -0.2) is 65.2 Å². The smallest absolute Gasteiger partial charge is 0.326 e. The van der Waals surface area contributed by atoms with Gasteiger partial charge in [-0.25, -0.2) is 9.59 Å². The van der Waals surface area contributed by atoms with Crippen LogP contribution in [0.15, 0.2) is 0 Å². The van der Waals surface area contributed by atoms with Gasteiger partial charge in [-0.3, -0.25) is 0 Å². The van der Waals surface area contributed by atoms with Crippen LogP contribution in [0.25, 0.3) is 0 Å². The van der Waals surface area contributed by atoms with Crippen LogP contribution < -0.4 is 5.32 Å². The lowest BCUT2D eigenvalue weighted by Gasteiger charge is -2.25. The van der Waals surface area contributed by atoms with Crippen molar-refractivity contribution in [1.29, 1.82) is 0 Å². The summed E-state index contributed by atoms with van der Waals surface area (Å²) < 4.78 is 0. The Labute approximate surface area is 126 Å². The van der Waals surface area contributed by atoms with E-state index in [1.165, 1.54) is 4.90 Å². The number of hydrogen-bond acceptors (Lipinski definition) is 3. The second-order valence-electron chi connectivity index (χ2n) is 6.67.